The average molecular weight is 613 g/mol. The van der Waals surface area contributed by atoms with E-state index in [0.717, 1.165) is 50.3 Å². The molecule has 0 unspecified atom stereocenters. The van der Waals surface area contributed by atoms with Gasteiger partial charge in [0.05, 0.1) is 33.1 Å². The minimum Gasteiger partial charge on any atom is -0.307 e. The predicted octanol–water partition coefficient (Wildman–Crippen LogP) is 11.2. The molecule has 0 N–H and O–H groups in total. The SMILES string of the molecule is c1ccc(-c2ccc(-c3nc4ccccc4nc3-n3c4ccccc4c4ccc5c6ccccc6n(-c6ccccc6)c5c43)cc2)cc1. The molecule has 4 heteroatoms. The molecular weight excluding hydrogens is 585 g/mol. The molecule has 0 radical (unpaired) electrons. The summed E-state index contributed by atoms with van der Waals surface area (Å²) in [6, 6.07) is 60.0. The van der Waals surface area contributed by atoms with Crippen LogP contribution in [0.4, 0.5) is 0 Å². The van der Waals surface area contributed by atoms with Crippen molar-refractivity contribution >= 4 is 54.6 Å². The highest BCUT2D eigenvalue weighted by Gasteiger charge is 2.24. The first-order chi connectivity index (χ1) is 23.8. The Bertz CT molecular complexity index is 2810. The molecule has 0 aliphatic rings. The van der Waals surface area contributed by atoms with Crippen molar-refractivity contribution < 1.29 is 0 Å². The van der Waals surface area contributed by atoms with E-state index in [2.05, 4.69) is 161 Å². The molecule has 10 aromatic rings. The van der Waals surface area contributed by atoms with Crippen molar-refractivity contribution in [2.24, 2.45) is 0 Å². The summed E-state index contributed by atoms with van der Waals surface area (Å²) in [5.41, 5.74) is 11.6. The van der Waals surface area contributed by atoms with Crippen LogP contribution >= 0.6 is 0 Å². The lowest BCUT2D eigenvalue weighted by atomic mass is 10.0. The van der Waals surface area contributed by atoms with Crippen LogP contribution < -0.4 is 0 Å². The van der Waals surface area contributed by atoms with E-state index in [1.54, 1.807) is 0 Å². The second-order valence-electron chi connectivity index (χ2n) is 12.2. The summed E-state index contributed by atoms with van der Waals surface area (Å²) >= 11 is 0. The first-order valence-corrected chi connectivity index (χ1v) is 16.3. The van der Waals surface area contributed by atoms with Gasteiger partial charge in [0.25, 0.3) is 0 Å². The highest BCUT2D eigenvalue weighted by Crippen LogP contribution is 2.42. The van der Waals surface area contributed by atoms with E-state index in [4.69, 9.17) is 9.97 Å². The van der Waals surface area contributed by atoms with Gasteiger partial charge in [-0.25, -0.2) is 9.97 Å². The molecule has 0 spiro atoms. The summed E-state index contributed by atoms with van der Waals surface area (Å²) in [7, 11) is 0. The molecule has 10 rings (SSSR count). The van der Waals surface area contributed by atoms with Crippen LogP contribution in [0.25, 0.3) is 88.5 Å². The third-order valence-corrected chi connectivity index (χ3v) is 9.51. The molecule has 0 amide bonds. The van der Waals surface area contributed by atoms with Crippen LogP contribution in [0.2, 0.25) is 0 Å². The van der Waals surface area contributed by atoms with Gasteiger partial charge in [-0.2, -0.15) is 0 Å². The molecule has 4 nitrogen and oxygen atoms in total. The Balaban J connectivity index is 1.36. The third-order valence-electron chi connectivity index (χ3n) is 9.51. The monoisotopic (exact) mass is 612 g/mol. The van der Waals surface area contributed by atoms with E-state index in [9.17, 15) is 0 Å². The van der Waals surface area contributed by atoms with E-state index >= 15 is 0 Å². The predicted molar refractivity (Wildman–Crippen MR) is 199 cm³/mol. The van der Waals surface area contributed by atoms with Crippen LogP contribution in [0.15, 0.2) is 170 Å². The topological polar surface area (TPSA) is 35.6 Å². The van der Waals surface area contributed by atoms with Crippen LogP contribution in [0, 0.1) is 0 Å². The van der Waals surface area contributed by atoms with Crippen molar-refractivity contribution in [3.63, 3.8) is 0 Å². The van der Waals surface area contributed by atoms with E-state index in [-0.39, 0.29) is 0 Å². The van der Waals surface area contributed by atoms with Crippen LogP contribution in [0.1, 0.15) is 0 Å². The van der Waals surface area contributed by atoms with Gasteiger partial charge in [0.2, 0.25) is 0 Å². The van der Waals surface area contributed by atoms with Crippen molar-refractivity contribution in [3.05, 3.63) is 170 Å². The Morgan fingerprint density at radius 2 is 0.812 bits per heavy atom. The second kappa shape index (κ2) is 10.5. The number of rotatable bonds is 4. The van der Waals surface area contributed by atoms with Crippen molar-refractivity contribution in [1.29, 1.82) is 0 Å². The Kier molecular flexibility index (Phi) is 5.84. The fourth-order valence-electron chi connectivity index (χ4n) is 7.36. The zero-order valence-electron chi connectivity index (χ0n) is 26.0. The zero-order valence-corrected chi connectivity index (χ0v) is 26.0. The number of aromatic nitrogens is 4. The molecule has 0 atom stereocenters. The van der Waals surface area contributed by atoms with Gasteiger partial charge in [0.1, 0.15) is 5.69 Å². The lowest BCUT2D eigenvalue weighted by molar-refractivity contribution is 1.08. The van der Waals surface area contributed by atoms with Crippen molar-refractivity contribution in [2.75, 3.05) is 0 Å². The molecular formula is C44H28N4. The third kappa shape index (κ3) is 3.96. The maximum Gasteiger partial charge on any atom is 0.165 e. The van der Waals surface area contributed by atoms with E-state index in [1.165, 1.54) is 38.2 Å². The molecule has 0 bridgehead atoms. The molecule has 48 heavy (non-hydrogen) atoms. The first kappa shape index (κ1) is 26.7. The second-order valence-corrected chi connectivity index (χ2v) is 12.2. The highest BCUT2D eigenvalue weighted by atomic mass is 15.1. The standard InChI is InChI=1S/C44H28N4/c1-3-13-29(14-4-1)30-23-25-31(26-24-30)41-44(46-38-20-10-9-19-37(38)45-41)48-40-22-12-8-18-34(40)36-28-27-35-33-17-7-11-21-39(33)47(42(35)43(36)48)32-15-5-2-6-16-32/h1-28H. The van der Waals surface area contributed by atoms with Gasteiger partial charge in [-0.05, 0) is 47.5 Å². The summed E-state index contributed by atoms with van der Waals surface area (Å²) in [4.78, 5) is 10.8. The number of para-hydroxylation sites is 5. The minimum absolute atomic E-state index is 0.810. The van der Waals surface area contributed by atoms with Gasteiger partial charge in [0.15, 0.2) is 5.82 Å². The van der Waals surface area contributed by atoms with Crippen LogP contribution in [-0.2, 0) is 0 Å². The van der Waals surface area contributed by atoms with Gasteiger partial charge in [-0.3, -0.25) is 4.57 Å². The van der Waals surface area contributed by atoms with Gasteiger partial charge in [0, 0.05) is 32.8 Å². The Hall–Kier alpha value is -6.52. The molecule has 224 valence electrons. The van der Waals surface area contributed by atoms with Gasteiger partial charge in [-0.15, -0.1) is 0 Å². The van der Waals surface area contributed by atoms with Crippen LogP contribution in [0.5, 0.6) is 0 Å². The molecule has 0 fully saturated rings. The van der Waals surface area contributed by atoms with Gasteiger partial charge in [-0.1, -0.05) is 133 Å². The smallest absolute Gasteiger partial charge is 0.165 e. The van der Waals surface area contributed by atoms with E-state index in [1.807, 2.05) is 18.2 Å². The molecule has 3 aromatic heterocycles. The molecule has 0 saturated carbocycles. The lowest BCUT2D eigenvalue weighted by Crippen LogP contribution is -2.05. The first-order valence-electron chi connectivity index (χ1n) is 16.3. The van der Waals surface area contributed by atoms with Gasteiger partial charge >= 0.3 is 0 Å². The largest absolute Gasteiger partial charge is 0.307 e. The summed E-state index contributed by atoms with van der Waals surface area (Å²) in [6.07, 6.45) is 0. The summed E-state index contributed by atoms with van der Waals surface area (Å²) in [5.74, 6) is 0.810. The van der Waals surface area contributed by atoms with E-state index < -0.39 is 0 Å². The van der Waals surface area contributed by atoms with E-state index in [0.29, 0.717) is 0 Å². The van der Waals surface area contributed by atoms with Crippen LogP contribution in [0.3, 0.4) is 0 Å². The summed E-state index contributed by atoms with van der Waals surface area (Å²) < 4.78 is 4.76. The van der Waals surface area contributed by atoms with Gasteiger partial charge < -0.3 is 4.57 Å². The maximum absolute atomic E-state index is 5.43. The fourth-order valence-corrected chi connectivity index (χ4v) is 7.36. The van der Waals surface area contributed by atoms with Crippen LogP contribution in [-0.4, -0.2) is 19.1 Å². The Morgan fingerprint density at radius 3 is 1.48 bits per heavy atom. The molecule has 0 aliphatic carbocycles. The van der Waals surface area contributed by atoms with Crippen molar-refractivity contribution in [3.8, 4) is 33.9 Å². The number of fused-ring (bicyclic) bond motifs is 8. The fraction of sp³-hybridized carbons (Fsp3) is 0. The summed E-state index contributed by atoms with van der Waals surface area (Å²) in [5, 5.41) is 4.78. The van der Waals surface area contributed by atoms with Crippen molar-refractivity contribution in [2.45, 2.75) is 0 Å². The zero-order chi connectivity index (χ0) is 31.6. The lowest BCUT2D eigenvalue weighted by Gasteiger charge is -2.15. The number of hydrogen-bond donors (Lipinski definition) is 0. The molecule has 3 heterocycles. The molecule has 7 aromatic carbocycles. The normalized spacial score (nSPS) is 11.8. The number of benzene rings is 7. The number of hydrogen-bond acceptors (Lipinski definition) is 2. The molecule has 0 aliphatic heterocycles. The Morgan fingerprint density at radius 1 is 0.333 bits per heavy atom. The average Bonchev–Trinajstić information content (AvgIpc) is 3.68. The highest BCUT2D eigenvalue weighted by molar-refractivity contribution is 6.24. The Labute approximate surface area is 276 Å². The van der Waals surface area contributed by atoms with Crippen molar-refractivity contribution in [1.82, 2.24) is 19.1 Å². The maximum atomic E-state index is 5.43. The summed E-state index contributed by atoms with van der Waals surface area (Å²) in [6.45, 7) is 0. The number of nitrogens with zero attached hydrogens (tertiary/aromatic N) is 4. The minimum atomic E-state index is 0.810. The molecule has 0 saturated heterocycles. The quantitative estimate of drug-likeness (QED) is 0.198.